The molecule has 0 fully saturated rings. The molecule has 6 nitrogen and oxygen atoms in total. The summed E-state index contributed by atoms with van der Waals surface area (Å²) in [6, 6.07) is 5.12. The Kier molecular flexibility index (Phi) is 3.54. The standard InChI is InChI=1S/C11H10N2O4S2/c1-8(14)13(11-6-18-7-12-11)19(16,17)10-4-2-3-9(15)5-10/h2-7,15H,1H3. The molecule has 2 aromatic rings. The van der Waals surface area contributed by atoms with Crippen LogP contribution in [0.25, 0.3) is 0 Å². The molecule has 1 heterocycles. The molecule has 0 aliphatic carbocycles. The number of carbonyl (C=O) groups excluding carboxylic acids is 1. The lowest BCUT2D eigenvalue weighted by atomic mass is 10.3. The zero-order chi connectivity index (χ0) is 14.0. The van der Waals surface area contributed by atoms with Gasteiger partial charge in [-0.3, -0.25) is 4.79 Å². The highest BCUT2D eigenvalue weighted by Crippen LogP contribution is 2.25. The molecule has 19 heavy (non-hydrogen) atoms. The first-order valence-corrected chi connectivity index (χ1v) is 7.54. The monoisotopic (exact) mass is 298 g/mol. The van der Waals surface area contributed by atoms with Crippen molar-refractivity contribution in [2.75, 3.05) is 4.31 Å². The van der Waals surface area contributed by atoms with Crippen molar-refractivity contribution in [2.45, 2.75) is 11.8 Å². The number of phenolic OH excluding ortho intramolecular Hbond substituents is 1. The van der Waals surface area contributed by atoms with Crippen molar-refractivity contribution in [1.29, 1.82) is 0 Å². The van der Waals surface area contributed by atoms with Crippen LogP contribution in [0.15, 0.2) is 40.1 Å². The van der Waals surface area contributed by atoms with Crippen LogP contribution >= 0.6 is 11.3 Å². The van der Waals surface area contributed by atoms with Gasteiger partial charge < -0.3 is 5.11 Å². The SMILES string of the molecule is CC(=O)N(c1cscn1)S(=O)(=O)c1cccc(O)c1. The maximum absolute atomic E-state index is 12.4. The fraction of sp³-hybridized carbons (Fsp3) is 0.0909. The fourth-order valence-electron chi connectivity index (χ4n) is 1.51. The molecule has 0 bridgehead atoms. The lowest BCUT2D eigenvalue weighted by Gasteiger charge is -2.18. The summed E-state index contributed by atoms with van der Waals surface area (Å²) in [7, 11) is -4.08. The number of phenols is 1. The number of rotatable bonds is 3. The number of hydrogen-bond acceptors (Lipinski definition) is 6. The molecule has 0 saturated heterocycles. The molecule has 1 aromatic heterocycles. The largest absolute Gasteiger partial charge is 0.508 e. The average Bonchev–Trinajstić information content (AvgIpc) is 2.81. The molecule has 1 N–H and O–H groups in total. The molecular formula is C11H10N2O4S2. The highest BCUT2D eigenvalue weighted by atomic mass is 32.2. The molecule has 2 rings (SSSR count). The van der Waals surface area contributed by atoms with Gasteiger partial charge in [-0.05, 0) is 12.1 Å². The van der Waals surface area contributed by atoms with Gasteiger partial charge in [0.05, 0.1) is 10.4 Å². The molecule has 0 unspecified atom stereocenters. The van der Waals surface area contributed by atoms with Crippen LogP contribution < -0.4 is 4.31 Å². The van der Waals surface area contributed by atoms with Gasteiger partial charge in [-0.15, -0.1) is 11.3 Å². The summed E-state index contributed by atoms with van der Waals surface area (Å²) in [6.07, 6.45) is 0. The third-order valence-corrected chi connectivity index (χ3v) is 4.62. The number of benzene rings is 1. The van der Waals surface area contributed by atoms with Gasteiger partial charge in [0.1, 0.15) is 5.75 Å². The smallest absolute Gasteiger partial charge is 0.272 e. The van der Waals surface area contributed by atoms with E-state index in [2.05, 4.69) is 4.98 Å². The number of carbonyl (C=O) groups is 1. The Morgan fingerprint density at radius 1 is 1.42 bits per heavy atom. The summed E-state index contributed by atoms with van der Waals surface area (Å²) in [4.78, 5) is 15.3. The molecule has 0 saturated carbocycles. The molecule has 100 valence electrons. The molecule has 0 aliphatic heterocycles. The predicted octanol–water partition coefficient (Wildman–Crippen LogP) is 1.59. The summed E-state index contributed by atoms with van der Waals surface area (Å²) in [5, 5.41) is 10.8. The van der Waals surface area contributed by atoms with E-state index in [1.165, 1.54) is 40.4 Å². The lowest BCUT2D eigenvalue weighted by Crippen LogP contribution is -2.35. The zero-order valence-electron chi connectivity index (χ0n) is 9.85. The van der Waals surface area contributed by atoms with Crippen LogP contribution in [0.3, 0.4) is 0 Å². The maximum Gasteiger partial charge on any atom is 0.272 e. The average molecular weight is 298 g/mol. The van der Waals surface area contributed by atoms with Gasteiger partial charge >= 0.3 is 0 Å². The third-order valence-electron chi connectivity index (χ3n) is 2.27. The van der Waals surface area contributed by atoms with E-state index < -0.39 is 15.9 Å². The van der Waals surface area contributed by atoms with Gasteiger partial charge in [-0.1, -0.05) is 6.07 Å². The van der Waals surface area contributed by atoms with Crippen LogP contribution in [0.4, 0.5) is 5.82 Å². The number of anilines is 1. The van der Waals surface area contributed by atoms with Crippen molar-refractivity contribution in [3.63, 3.8) is 0 Å². The van der Waals surface area contributed by atoms with Gasteiger partial charge in [-0.2, -0.15) is 4.31 Å². The lowest BCUT2D eigenvalue weighted by molar-refractivity contribution is -0.115. The third kappa shape index (κ3) is 2.59. The van der Waals surface area contributed by atoms with E-state index in [0.29, 0.717) is 4.31 Å². The van der Waals surface area contributed by atoms with E-state index in [1.54, 1.807) is 0 Å². The van der Waals surface area contributed by atoms with Crippen LogP contribution in [0.1, 0.15) is 6.92 Å². The first-order valence-electron chi connectivity index (χ1n) is 5.16. The highest BCUT2D eigenvalue weighted by Gasteiger charge is 2.30. The second-order valence-corrected chi connectivity index (χ2v) is 6.14. The first kappa shape index (κ1) is 13.5. The molecule has 1 amide bonds. The Morgan fingerprint density at radius 3 is 2.68 bits per heavy atom. The van der Waals surface area contributed by atoms with Gasteiger partial charge in [-0.25, -0.2) is 13.4 Å². The van der Waals surface area contributed by atoms with Crippen molar-refractivity contribution < 1.29 is 18.3 Å². The van der Waals surface area contributed by atoms with Crippen LogP contribution in [-0.4, -0.2) is 24.4 Å². The minimum absolute atomic E-state index is 0.0424. The van der Waals surface area contributed by atoms with Crippen molar-refractivity contribution in [3.05, 3.63) is 35.2 Å². The fourth-order valence-corrected chi connectivity index (χ4v) is 3.51. The Morgan fingerprint density at radius 2 is 2.16 bits per heavy atom. The molecule has 1 aromatic carbocycles. The van der Waals surface area contributed by atoms with Gasteiger partial charge in [0.2, 0.25) is 5.91 Å². The predicted molar refractivity (Wildman–Crippen MR) is 70.6 cm³/mol. The van der Waals surface area contributed by atoms with E-state index in [1.807, 2.05) is 0 Å². The van der Waals surface area contributed by atoms with Crippen LogP contribution in [0.2, 0.25) is 0 Å². The van der Waals surface area contributed by atoms with Crippen LogP contribution in [0, 0.1) is 0 Å². The number of thiazole rings is 1. The summed E-state index contributed by atoms with van der Waals surface area (Å²) >= 11 is 1.18. The van der Waals surface area contributed by atoms with E-state index >= 15 is 0 Å². The molecule has 8 heteroatoms. The molecule has 0 spiro atoms. The Hall–Kier alpha value is -1.93. The van der Waals surface area contributed by atoms with E-state index in [4.69, 9.17) is 0 Å². The second kappa shape index (κ2) is 4.98. The van der Waals surface area contributed by atoms with Crippen LogP contribution in [0.5, 0.6) is 5.75 Å². The zero-order valence-corrected chi connectivity index (χ0v) is 11.5. The Labute approximate surface area is 114 Å². The van der Waals surface area contributed by atoms with E-state index in [-0.39, 0.29) is 16.5 Å². The minimum Gasteiger partial charge on any atom is -0.508 e. The number of amides is 1. The Balaban J connectivity index is 2.56. The van der Waals surface area contributed by atoms with Gasteiger partial charge in [0.15, 0.2) is 5.82 Å². The summed E-state index contributed by atoms with van der Waals surface area (Å²) < 4.78 is 25.4. The van der Waals surface area contributed by atoms with Crippen LogP contribution in [-0.2, 0) is 14.8 Å². The first-order chi connectivity index (χ1) is 8.93. The number of hydrogen-bond donors (Lipinski definition) is 1. The summed E-state index contributed by atoms with van der Waals surface area (Å²) in [6.45, 7) is 1.14. The van der Waals surface area contributed by atoms with E-state index in [0.717, 1.165) is 13.0 Å². The molecular weight excluding hydrogens is 288 g/mol. The molecule has 0 aliphatic rings. The maximum atomic E-state index is 12.4. The van der Waals surface area contributed by atoms with Crippen molar-refractivity contribution in [1.82, 2.24) is 4.98 Å². The second-order valence-electron chi connectivity index (χ2n) is 3.63. The minimum atomic E-state index is -4.08. The van der Waals surface area contributed by atoms with Crippen molar-refractivity contribution >= 4 is 33.1 Å². The topological polar surface area (TPSA) is 87.6 Å². The highest BCUT2D eigenvalue weighted by molar-refractivity contribution is 7.93. The summed E-state index contributed by atoms with van der Waals surface area (Å²) in [5.74, 6) is -0.821. The summed E-state index contributed by atoms with van der Waals surface area (Å²) in [5.41, 5.74) is 1.43. The molecule has 0 radical (unpaired) electrons. The normalized spacial score (nSPS) is 11.2. The van der Waals surface area contributed by atoms with E-state index in [9.17, 15) is 18.3 Å². The van der Waals surface area contributed by atoms with Crippen molar-refractivity contribution in [2.24, 2.45) is 0 Å². The van der Waals surface area contributed by atoms with Gasteiger partial charge in [0.25, 0.3) is 10.0 Å². The number of aromatic hydroxyl groups is 1. The number of nitrogens with zero attached hydrogens (tertiary/aromatic N) is 2. The quantitative estimate of drug-likeness (QED) is 0.929. The molecule has 0 atom stereocenters. The number of aromatic nitrogens is 1. The van der Waals surface area contributed by atoms with Gasteiger partial charge in [0, 0.05) is 18.4 Å². The van der Waals surface area contributed by atoms with Crippen molar-refractivity contribution in [3.8, 4) is 5.75 Å². The number of sulfonamides is 1. The Bertz CT molecular complexity index is 695.